The van der Waals surface area contributed by atoms with Crippen molar-refractivity contribution in [3.63, 3.8) is 0 Å². The molecule has 0 aliphatic carbocycles. The van der Waals surface area contributed by atoms with Crippen LogP contribution < -0.4 is 10.6 Å². The van der Waals surface area contributed by atoms with Gasteiger partial charge in [0.1, 0.15) is 0 Å². The van der Waals surface area contributed by atoms with Gasteiger partial charge in [-0.3, -0.25) is 19.2 Å². The van der Waals surface area contributed by atoms with Crippen LogP contribution in [0.4, 0.5) is 11.4 Å². The van der Waals surface area contributed by atoms with Crippen molar-refractivity contribution < 1.29 is 19.2 Å². The Hall–Kier alpha value is -2.93. The van der Waals surface area contributed by atoms with Gasteiger partial charge in [0.05, 0.1) is 21.9 Å². The van der Waals surface area contributed by atoms with Gasteiger partial charge in [0, 0.05) is 11.1 Å². The molecule has 2 aromatic rings. The van der Waals surface area contributed by atoms with Crippen LogP contribution in [0.1, 0.15) is 47.4 Å². The fourth-order valence-electron chi connectivity index (χ4n) is 3.25. The van der Waals surface area contributed by atoms with Crippen molar-refractivity contribution in [1.29, 1.82) is 0 Å². The molecule has 0 bridgehead atoms. The Morgan fingerprint density at radius 2 is 1.10 bits per heavy atom. The normalized spacial score (nSPS) is 18.1. The number of hydrogen-bond acceptors (Lipinski definition) is 5. The summed E-state index contributed by atoms with van der Waals surface area (Å²) in [6.07, 6.45) is 1.12. The van der Waals surface area contributed by atoms with Crippen LogP contribution in [0, 0.1) is 0 Å². The van der Waals surface area contributed by atoms with E-state index in [1.54, 1.807) is 48.5 Å². The van der Waals surface area contributed by atoms with E-state index in [1.165, 1.54) is 25.6 Å². The minimum atomic E-state index is -0.381. The van der Waals surface area contributed by atoms with Crippen LogP contribution in [0.15, 0.2) is 48.5 Å². The van der Waals surface area contributed by atoms with Gasteiger partial charge in [-0.2, -0.15) is 0 Å². The van der Waals surface area contributed by atoms with E-state index in [0.717, 1.165) is 0 Å². The maximum Gasteiger partial charge on any atom is 0.237 e. The average Bonchev–Trinajstić information content (AvgIpc) is 3.19. The average molecular weight is 410 g/mol. The molecule has 0 saturated carbocycles. The van der Waals surface area contributed by atoms with Crippen molar-refractivity contribution >= 4 is 46.5 Å². The molecule has 2 atom stereocenters. The van der Waals surface area contributed by atoms with E-state index in [9.17, 15) is 19.2 Å². The van der Waals surface area contributed by atoms with Crippen molar-refractivity contribution in [1.82, 2.24) is 0 Å². The molecular formula is C22H22N2O4S. The van der Waals surface area contributed by atoms with Crippen LogP contribution >= 0.6 is 11.8 Å². The predicted octanol–water partition coefficient (Wildman–Crippen LogP) is 3.93. The first-order valence-electron chi connectivity index (χ1n) is 9.34. The van der Waals surface area contributed by atoms with Gasteiger partial charge < -0.3 is 10.6 Å². The van der Waals surface area contributed by atoms with E-state index in [0.29, 0.717) is 35.3 Å². The molecule has 1 aliphatic heterocycles. The van der Waals surface area contributed by atoms with Crippen molar-refractivity contribution in [3.8, 4) is 0 Å². The molecule has 150 valence electrons. The zero-order chi connectivity index (χ0) is 21.0. The summed E-state index contributed by atoms with van der Waals surface area (Å²) in [7, 11) is 0. The van der Waals surface area contributed by atoms with E-state index in [-0.39, 0.29) is 33.9 Å². The molecule has 7 heteroatoms. The molecule has 2 N–H and O–H groups in total. The number of para-hydroxylation sites is 2. The zero-order valence-corrected chi connectivity index (χ0v) is 17.0. The minimum Gasteiger partial charge on any atom is -0.324 e. The van der Waals surface area contributed by atoms with Gasteiger partial charge in [-0.05, 0) is 51.0 Å². The number of ketones is 2. The maximum atomic E-state index is 12.6. The monoisotopic (exact) mass is 410 g/mol. The Morgan fingerprint density at radius 1 is 0.724 bits per heavy atom. The van der Waals surface area contributed by atoms with Crippen LogP contribution in [-0.4, -0.2) is 33.9 Å². The smallest absolute Gasteiger partial charge is 0.237 e. The van der Waals surface area contributed by atoms with Crippen molar-refractivity contribution in [3.05, 3.63) is 59.7 Å². The molecule has 0 radical (unpaired) electrons. The molecule has 1 heterocycles. The maximum absolute atomic E-state index is 12.6. The summed E-state index contributed by atoms with van der Waals surface area (Å²) >= 11 is 1.30. The Labute approximate surface area is 173 Å². The zero-order valence-electron chi connectivity index (χ0n) is 16.2. The van der Waals surface area contributed by atoms with E-state index >= 15 is 0 Å². The predicted molar refractivity (Wildman–Crippen MR) is 115 cm³/mol. The Kier molecular flexibility index (Phi) is 6.49. The van der Waals surface area contributed by atoms with Gasteiger partial charge in [-0.25, -0.2) is 0 Å². The molecule has 0 spiro atoms. The summed E-state index contributed by atoms with van der Waals surface area (Å²) in [6, 6.07) is 13.7. The highest BCUT2D eigenvalue weighted by molar-refractivity contribution is 8.02. The highest BCUT2D eigenvalue weighted by Gasteiger charge is 2.35. The molecule has 1 saturated heterocycles. The summed E-state index contributed by atoms with van der Waals surface area (Å²) in [6.45, 7) is 2.91. The number of thioether (sulfide) groups is 1. The quantitative estimate of drug-likeness (QED) is 0.704. The third kappa shape index (κ3) is 4.92. The highest BCUT2D eigenvalue weighted by Crippen LogP contribution is 2.35. The number of amides is 2. The molecule has 3 rings (SSSR count). The SMILES string of the molecule is CC(=O)c1ccccc1NC(=O)[C@@H]1CC[C@@H](C(=O)Nc2ccccc2C(C)=O)S1. The lowest BCUT2D eigenvalue weighted by atomic mass is 10.1. The van der Waals surface area contributed by atoms with Gasteiger partial charge in [0.2, 0.25) is 11.8 Å². The number of benzene rings is 2. The fourth-order valence-corrected chi connectivity index (χ4v) is 4.55. The second-order valence-electron chi connectivity index (χ2n) is 6.87. The second kappa shape index (κ2) is 9.05. The Morgan fingerprint density at radius 3 is 1.48 bits per heavy atom. The topological polar surface area (TPSA) is 92.3 Å². The number of carbonyl (C=O) groups excluding carboxylic acids is 4. The summed E-state index contributed by atoms with van der Waals surface area (Å²) in [5, 5.41) is 4.86. The second-order valence-corrected chi connectivity index (χ2v) is 8.28. The van der Waals surface area contributed by atoms with Crippen LogP contribution in [0.25, 0.3) is 0 Å². The summed E-state index contributed by atoms with van der Waals surface area (Å²) in [5.41, 5.74) is 1.88. The van der Waals surface area contributed by atoms with Crippen LogP contribution in [0.5, 0.6) is 0 Å². The molecule has 2 aromatic carbocycles. The van der Waals surface area contributed by atoms with Gasteiger partial charge in [0.25, 0.3) is 0 Å². The number of anilines is 2. The first-order valence-corrected chi connectivity index (χ1v) is 10.3. The lowest BCUT2D eigenvalue weighted by molar-refractivity contribution is -0.116. The number of carbonyl (C=O) groups is 4. The van der Waals surface area contributed by atoms with Crippen molar-refractivity contribution in [2.45, 2.75) is 37.2 Å². The molecule has 2 amide bonds. The van der Waals surface area contributed by atoms with Crippen LogP contribution in [0.2, 0.25) is 0 Å². The van der Waals surface area contributed by atoms with E-state index in [2.05, 4.69) is 10.6 Å². The summed E-state index contributed by atoms with van der Waals surface area (Å²) in [4.78, 5) is 48.7. The molecule has 0 unspecified atom stereocenters. The van der Waals surface area contributed by atoms with Crippen molar-refractivity contribution in [2.75, 3.05) is 10.6 Å². The fraction of sp³-hybridized carbons (Fsp3) is 0.273. The van der Waals surface area contributed by atoms with Crippen LogP contribution in [0.3, 0.4) is 0 Å². The highest BCUT2D eigenvalue weighted by atomic mass is 32.2. The van der Waals surface area contributed by atoms with Crippen molar-refractivity contribution in [2.24, 2.45) is 0 Å². The lowest BCUT2D eigenvalue weighted by Gasteiger charge is -2.14. The minimum absolute atomic E-state index is 0.124. The standard InChI is InChI=1S/C22H22N2O4S/c1-13(25)15-7-3-5-9-17(15)23-21(27)19-11-12-20(29-19)22(28)24-18-10-6-4-8-16(18)14(2)26/h3-10,19-20H,11-12H2,1-2H3,(H,23,27)(H,24,28)/t19-,20-/m0/s1. The number of nitrogens with one attached hydrogen (secondary N) is 2. The first kappa shape index (κ1) is 20.8. The van der Waals surface area contributed by atoms with Crippen LogP contribution in [-0.2, 0) is 9.59 Å². The van der Waals surface area contributed by atoms with Gasteiger partial charge >= 0.3 is 0 Å². The lowest BCUT2D eigenvalue weighted by Crippen LogP contribution is -2.26. The van der Waals surface area contributed by atoms with E-state index < -0.39 is 0 Å². The Balaban J connectivity index is 1.63. The number of hydrogen-bond donors (Lipinski definition) is 2. The number of rotatable bonds is 6. The molecule has 1 aliphatic rings. The molecule has 6 nitrogen and oxygen atoms in total. The van der Waals surface area contributed by atoms with Gasteiger partial charge in [-0.15, -0.1) is 11.8 Å². The summed E-state index contributed by atoms with van der Waals surface area (Å²) in [5.74, 6) is -0.686. The van der Waals surface area contributed by atoms with E-state index in [4.69, 9.17) is 0 Å². The molecule has 29 heavy (non-hydrogen) atoms. The molecular weight excluding hydrogens is 388 g/mol. The third-order valence-electron chi connectivity index (χ3n) is 4.73. The third-order valence-corrected chi connectivity index (χ3v) is 6.29. The molecule has 1 fully saturated rings. The van der Waals surface area contributed by atoms with E-state index in [1.807, 2.05) is 0 Å². The number of Topliss-reactive ketones (excluding diaryl/α,β-unsaturated/α-hetero) is 2. The van der Waals surface area contributed by atoms with Gasteiger partial charge in [0.15, 0.2) is 11.6 Å². The largest absolute Gasteiger partial charge is 0.324 e. The summed E-state index contributed by atoms with van der Waals surface area (Å²) < 4.78 is 0. The van der Waals surface area contributed by atoms with Gasteiger partial charge in [-0.1, -0.05) is 24.3 Å². The Bertz CT molecular complexity index is 895. The first-order chi connectivity index (χ1) is 13.9. The molecule has 0 aromatic heterocycles.